The zero-order valence-corrected chi connectivity index (χ0v) is 11.6. The minimum Gasteiger partial charge on any atom is -0.478 e. The molecule has 0 saturated carbocycles. The number of thiazole rings is 1. The first-order chi connectivity index (χ1) is 9.61. The van der Waals surface area contributed by atoms with Gasteiger partial charge in [0.1, 0.15) is 0 Å². The van der Waals surface area contributed by atoms with Gasteiger partial charge in [0.25, 0.3) is 0 Å². The second-order valence-corrected chi connectivity index (χ2v) is 4.84. The van der Waals surface area contributed by atoms with Crippen LogP contribution in [0.3, 0.4) is 0 Å². The van der Waals surface area contributed by atoms with E-state index >= 15 is 0 Å². The lowest BCUT2D eigenvalue weighted by Gasteiger charge is -1.98. The zero-order chi connectivity index (χ0) is 14.5. The van der Waals surface area contributed by atoms with Crippen molar-refractivity contribution in [3.05, 3.63) is 46.0 Å². The van der Waals surface area contributed by atoms with E-state index in [-0.39, 0.29) is 0 Å². The van der Waals surface area contributed by atoms with Gasteiger partial charge in [0.05, 0.1) is 12.3 Å². The van der Waals surface area contributed by atoms with Gasteiger partial charge in [-0.05, 0) is 18.9 Å². The number of carboxylic acid groups (broad SMARTS) is 1. The molecule has 2 rings (SSSR count). The number of hydrogen-bond donors (Lipinski definition) is 1. The molecule has 5 nitrogen and oxygen atoms in total. The van der Waals surface area contributed by atoms with Crippen LogP contribution >= 0.6 is 11.3 Å². The molecule has 0 aliphatic heterocycles. The number of ether oxygens (including phenoxy) is 1. The lowest BCUT2D eigenvalue weighted by molar-refractivity contribution is -0.132. The monoisotopic (exact) mass is 291 g/mol. The van der Waals surface area contributed by atoms with E-state index in [9.17, 15) is 9.59 Å². The average molecular weight is 291 g/mol. The predicted molar refractivity (Wildman–Crippen MR) is 75.5 cm³/mol. The number of hydrogen-bond acceptors (Lipinski definition) is 5. The van der Waals surface area contributed by atoms with Crippen molar-refractivity contribution >= 4 is 28.8 Å². The van der Waals surface area contributed by atoms with Gasteiger partial charge in [-0.1, -0.05) is 24.3 Å². The summed E-state index contributed by atoms with van der Waals surface area (Å²) in [5, 5.41) is 11.0. The van der Waals surface area contributed by atoms with Crippen LogP contribution in [0.5, 0.6) is 0 Å². The first-order valence-corrected chi connectivity index (χ1v) is 6.93. The molecule has 0 aromatic carbocycles. The summed E-state index contributed by atoms with van der Waals surface area (Å²) in [6.45, 7) is 2.05. The van der Waals surface area contributed by atoms with Gasteiger partial charge in [0, 0.05) is 11.0 Å². The third kappa shape index (κ3) is 3.21. The summed E-state index contributed by atoms with van der Waals surface area (Å²) in [4.78, 5) is 26.7. The Morgan fingerprint density at radius 3 is 3.00 bits per heavy atom. The van der Waals surface area contributed by atoms with Crippen molar-refractivity contribution in [1.29, 1.82) is 0 Å². The van der Waals surface area contributed by atoms with Gasteiger partial charge in [-0.15, -0.1) is 11.3 Å². The maximum atomic E-state index is 11.6. The van der Waals surface area contributed by atoms with Gasteiger partial charge >= 0.3 is 11.9 Å². The normalized spacial score (nSPS) is 14.2. The van der Waals surface area contributed by atoms with E-state index in [2.05, 4.69) is 4.98 Å². The van der Waals surface area contributed by atoms with E-state index in [0.717, 1.165) is 5.57 Å². The van der Waals surface area contributed by atoms with E-state index in [4.69, 9.17) is 9.84 Å². The van der Waals surface area contributed by atoms with Gasteiger partial charge in [-0.2, -0.15) is 0 Å². The molecule has 1 aromatic rings. The second kappa shape index (κ2) is 6.29. The molecule has 1 aliphatic carbocycles. The molecule has 0 unspecified atom stereocenters. The lowest BCUT2D eigenvalue weighted by atomic mass is 10.1. The fraction of sp³-hybridized carbons (Fsp3) is 0.214. The summed E-state index contributed by atoms with van der Waals surface area (Å²) < 4.78 is 4.89. The molecule has 1 heterocycles. The van der Waals surface area contributed by atoms with E-state index in [1.54, 1.807) is 36.6 Å². The van der Waals surface area contributed by atoms with E-state index < -0.39 is 11.9 Å². The number of carbonyl (C=O) groups excluding carboxylic acids is 1. The quantitative estimate of drug-likeness (QED) is 0.863. The van der Waals surface area contributed by atoms with Crippen LogP contribution < -0.4 is 0 Å². The zero-order valence-electron chi connectivity index (χ0n) is 10.8. The molecular formula is C14H13NO4S. The largest absolute Gasteiger partial charge is 0.478 e. The standard InChI is InChI=1S/C14H13NO4S/c1-2-19-14(18)12-15-11(8-20-12)9-4-3-5-10(7-6-9)13(16)17/h3-6,8H,2,7H2,1H3,(H,16,17). The van der Waals surface area contributed by atoms with Crippen molar-refractivity contribution in [2.24, 2.45) is 0 Å². The molecule has 1 aliphatic rings. The number of rotatable bonds is 4. The van der Waals surface area contributed by atoms with Gasteiger partial charge in [0.2, 0.25) is 5.01 Å². The molecule has 0 spiro atoms. The number of nitrogens with zero attached hydrogens (tertiary/aromatic N) is 1. The summed E-state index contributed by atoms with van der Waals surface area (Å²) in [5.41, 5.74) is 1.76. The number of carbonyl (C=O) groups is 2. The van der Waals surface area contributed by atoms with E-state index in [0.29, 0.717) is 29.3 Å². The molecule has 104 valence electrons. The Bertz CT molecular complexity index is 625. The fourth-order valence-electron chi connectivity index (χ4n) is 1.67. The minimum atomic E-state index is -0.933. The van der Waals surface area contributed by atoms with Gasteiger partial charge in [-0.3, -0.25) is 0 Å². The van der Waals surface area contributed by atoms with Crippen LogP contribution in [0.15, 0.2) is 35.3 Å². The Kier molecular flexibility index (Phi) is 4.47. The SMILES string of the molecule is CCOC(=O)c1nc(C2=CCC(C(=O)O)=CC=C2)cs1. The molecule has 0 amide bonds. The van der Waals surface area contributed by atoms with Gasteiger partial charge in [-0.25, -0.2) is 14.6 Å². The third-order valence-electron chi connectivity index (χ3n) is 2.64. The number of aliphatic carboxylic acids is 1. The first kappa shape index (κ1) is 14.2. The van der Waals surface area contributed by atoms with Crippen LogP contribution in [-0.2, 0) is 9.53 Å². The van der Waals surface area contributed by atoms with Crippen molar-refractivity contribution in [2.45, 2.75) is 13.3 Å². The van der Waals surface area contributed by atoms with Crippen LogP contribution in [0.2, 0.25) is 0 Å². The predicted octanol–water partition coefficient (Wildman–Crippen LogP) is 2.67. The molecule has 0 fully saturated rings. The average Bonchev–Trinajstić information content (AvgIpc) is 2.77. The number of esters is 1. The maximum Gasteiger partial charge on any atom is 0.367 e. The van der Waals surface area contributed by atoms with Crippen LogP contribution in [0, 0.1) is 0 Å². The smallest absolute Gasteiger partial charge is 0.367 e. The summed E-state index contributed by atoms with van der Waals surface area (Å²) in [6.07, 6.45) is 7.12. The van der Waals surface area contributed by atoms with Crippen molar-refractivity contribution in [3.63, 3.8) is 0 Å². The number of carboxylic acids is 1. The molecule has 1 N–H and O–H groups in total. The maximum absolute atomic E-state index is 11.6. The highest BCUT2D eigenvalue weighted by Gasteiger charge is 2.14. The summed E-state index contributed by atoms with van der Waals surface area (Å²) in [7, 11) is 0. The van der Waals surface area contributed by atoms with Gasteiger partial charge < -0.3 is 9.84 Å². The first-order valence-electron chi connectivity index (χ1n) is 6.05. The lowest BCUT2D eigenvalue weighted by Crippen LogP contribution is -2.04. The highest BCUT2D eigenvalue weighted by Crippen LogP contribution is 2.23. The Balaban J connectivity index is 2.18. The Morgan fingerprint density at radius 1 is 1.50 bits per heavy atom. The van der Waals surface area contributed by atoms with Gasteiger partial charge in [0.15, 0.2) is 0 Å². The third-order valence-corrected chi connectivity index (χ3v) is 3.46. The summed E-state index contributed by atoms with van der Waals surface area (Å²) in [6, 6.07) is 0. The molecule has 1 aromatic heterocycles. The van der Waals surface area contributed by atoms with Crippen LogP contribution in [0.25, 0.3) is 5.57 Å². The van der Waals surface area contributed by atoms with E-state index in [1.165, 1.54) is 11.3 Å². The van der Waals surface area contributed by atoms with Crippen molar-refractivity contribution in [2.75, 3.05) is 6.61 Å². The number of allylic oxidation sites excluding steroid dienone is 5. The summed E-state index contributed by atoms with van der Waals surface area (Å²) >= 11 is 1.21. The van der Waals surface area contributed by atoms with Crippen molar-refractivity contribution in [3.8, 4) is 0 Å². The van der Waals surface area contributed by atoms with Crippen LogP contribution in [0.4, 0.5) is 0 Å². The number of aromatic nitrogens is 1. The Labute approximate surface area is 119 Å². The summed E-state index contributed by atoms with van der Waals surface area (Å²) in [5.74, 6) is -1.37. The molecule has 0 saturated heterocycles. The fourth-order valence-corrected chi connectivity index (χ4v) is 2.38. The molecule has 20 heavy (non-hydrogen) atoms. The van der Waals surface area contributed by atoms with Crippen molar-refractivity contribution < 1.29 is 19.4 Å². The highest BCUT2D eigenvalue weighted by molar-refractivity contribution is 7.11. The highest BCUT2D eigenvalue weighted by atomic mass is 32.1. The van der Waals surface area contributed by atoms with E-state index in [1.807, 2.05) is 0 Å². The molecular weight excluding hydrogens is 278 g/mol. The Hall–Kier alpha value is -2.21. The minimum absolute atomic E-state index is 0.298. The van der Waals surface area contributed by atoms with Crippen LogP contribution in [-0.4, -0.2) is 28.6 Å². The topological polar surface area (TPSA) is 76.5 Å². The molecule has 0 radical (unpaired) electrons. The van der Waals surface area contributed by atoms with Crippen LogP contribution in [0.1, 0.15) is 28.8 Å². The molecule has 6 heteroatoms. The molecule has 0 atom stereocenters. The van der Waals surface area contributed by atoms with Crippen molar-refractivity contribution in [1.82, 2.24) is 4.98 Å². The second-order valence-electron chi connectivity index (χ2n) is 3.98. The molecule has 0 bridgehead atoms. The Morgan fingerprint density at radius 2 is 2.30 bits per heavy atom.